The van der Waals surface area contributed by atoms with Crippen molar-refractivity contribution in [3.8, 4) is 11.8 Å². The third-order valence-corrected chi connectivity index (χ3v) is 20.8. The van der Waals surface area contributed by atoms with Gasteiger partial charge in [-0.1, -0.05) is 252 Å². The van der Waals surface area contributed by atoms with Crippen LogP contribution < -0.4 is 27.4 Å². The van der Waals surface area contributed by atoms with Crippen molar-refractivity contribution in [2.75, 3.05) is 32.1 Å². The van der Waals surface area contributed by atoms with E-state index in [2.05, 4.69) is 41.6 Å². The largest absolute Gasteiger partial charge is 0.460 e. The Hall–Kier alpha value is -5.28. The number of primary amides is 1. The number of imide groups is 1. The molecule has 12 N–H and O–H groups in total. The van der Waals surface area contributed by atoms with Crippen LogP contribution in [-0.2, 0) is 44.7 Å². The molecule has 1 aliphatic heterocycles. The lowest BCUT2D eigenvalue weighted by atomic mass is 9.96. The van der Waals surface area contributed by atoms with Gasteiger partial charge in [0.25, 0.3) is 5.91 Å². The summed E-state index contributed by atoms with van der Waals surface area (Å²) in [6, 6.07) is 0.630. The standard InChI is InChI=1S/C80H138N6O16/c1-5-7-9-11-13-15-17-19-20-21-22-23-24-25-26-27-28-29-31-33-35-37-43-49-69(88)101-67(48-42-36-34-32-30-18-16-14-12-10-8-6-2)71(89)66(58-98-77-74(92)73(91)72(90)68(55-87)102-77)86(80(97)100-56-60-50-52-61(81)53-51-60)76(94)65(47-44-54-83-78(82)95)84-75(93)70(59(3)4)85-79(96)99-57-64-62-45-40-38-39-41-46-63(62)64/h50-53,59,62-68,70-74,77,87,89-92H,5-37,40-49,54-58,81H2,1-4H3,(H,84,93)(H,85,96)(H3,82,83,95)/t62?,63?,64?,65-,66-,67+,68+,70-,71-,72-,73-,74+,77-/m0/s1. The minimum atomic E-state index is -1.97. The van der Waals surface area contributed by atoms with Crippen LogP contribution in [0.25, 0.3) is 0 Å². The first-order chi connectivity index (χ1) is 49.4. The summed E-state index contributed by atoms with van der Waals surface area (Å²) in [5, 5.41) is 64.1. The van der Waals surface area contributed by atoms with Gasteiger partial charge in [0.1, 0.15) is 55.3 Å². The highest BCUT2D eigenvalue weighted by molar-refractivity contribution is 5.98. The fourth-order valence-electron chi connectivity index (χ4n) is 14.3. The smallest absolute Gasteiger partial charge is 0.417 e. The van der Waals surface area contributed by atoms with Gasteiger partial charge in [-0.15, -0.1) is 11.8 Å². The zero-order valence-corrected chi connectivity index (χ0v) is 63.2. The number of esters is 1. The lowest BCUT2D eigenvalue weighted by Gasteiger charge is -2.41. The Morgan fingerprint density at radius 2 is 1.10 bits per heavy atom. The summed E-state index contributed by atoms with van der Waals surface area (Å²) in [5.41, 5.74) is 12.3. The summed E-state index contributed by atoms with van der Waals surface area (Å²) in [4.78, 5) is 86.1. The average molecular weight is 1440 g/mol. The molecule has 584 valence electrons. The molecule has 2 fully saturated rings. The van der Waals surface area contributed by atoms with E-state index in [1.54, 1.807) is 38.1 Å². The van der Waals surface area contributed by atoms with Gasteiger partial charge in [-0.05, 0) is 86.3 Å². The molecule has 2 unspecified atom stereocenters. The maximum absolute atomic E-state index is 15.9. The van der Waals surface area contributed by atoms with Crippen molar-refractivity contribution in [3.63, 3.8) is 0 Å². The van der Waals surface area contributed by atoms with Crippen molar-refractivity contribution in [2.24, 2.45) is 29.4 Å². The average Bonchev–Trinajstić information content (AvgIpc) is 1.43. The number of nitrogens with one attached hydrogen (secondary N) is 3. The number of fused-ring (bicyclic) bond motifs is 1. The van der Waals surface area contributed by atoms with Crippen molar-refractivity contribution < 1.29 is 78.0 Å². The third-order valence-electron chi connectivity index (χ3n) is 20.8. The van der Waals surface area contributed by atoms with E-state index in [4.69, 9.17) is 35.2 Å². The van der Waals surface area contributed by atoms with E-state index in [9.17, 15) is 44.7 Å². The number of ether oxygens (including phenoxy) is 5. The van der Waals surface area contributed by atoms with E-state index in [0.29, 0.717) is 47.2 Å². The molecule has 3 aliphatic rings. The van der Waals surface area contributed by atoms with Gasteiger partial charge in [0, 0.05) is 31.5 Å². The van der Waals surface area contributed by atoms with E-state index in [1.807, 2.05) is 0 Å². The third kappa shape index (κ3) is 36.6. The van der Waals surface area contributed by atoms with Crippen molar-refractivity contribution in [1.82, 2.24) is 20.9 Å². The summed E-state index contributed by atoms with van der Waals surface area (Å²) in [6.07, 6.45) is 29.3. The number of benzene rings is 1. The van der Waals surface area contributed by atoms with Crippen LogP contribution in [0.3, 0.4) is 0 Å². The molecule has 12 atom stereocenters. The van der Waals surface area contributed by atoms with Gasteiger partial charge in [-0.3, -0.25) is 14.4 Å². The molecule has 0 spiro atoms. The number of rotatable bonds is 58. The molecular weight excluding hydrogens is 1300 g/mol. The number of hydrogen-bond donors (Lipinski definition) is 10. The van der Waals surface area contributed by atoms with E-state index < -0.39 is 123 Å². The van der Waals surface area contributed by atoms with Crippen LogP contribution >= 0.6 is 0 Å². The summed E-state index contributed by atoms with van der Waals surface area (Å²) in [6.45, 7) is 5.74. The molecule has 0 radical (unpaired) electrons. The Balaban J connectivity index is 1.57. The van der Waals surface area contributed by atoms with E-state index in [-0.39, 0.29) is 44.8 Å². The molecule has 1 aromatic carbocycles. The monoisotopic (exact) mass is 1440 g/mol. The molecule has 1 saturated heterocycles. The summed E-state index contributed by atoms with van der Waals surface area (Å²) in [5.74, 6) is 4.07. The number of unbranched alkanes of at least 4 members (excludes halogenated alkanes) is 33. The highest BCUT2D eigenvalue weighted by atomic mass is 16.7. The lowest BCUT2D eigenvalue weighted by Crippen LogP contribution is -2.63. The second-order valence-electron chi connectivity index (χ2n) is 29.7. The second kappa shape index (κ2) is 54.3. The predicted molar refractivity (Wildman–Crippen MR) is 398 cm³/mol. The molecule has 6 amide bonds. The Morgan fingerprint density at radius 1 is 0.618 bits per heavy atom. The van der Waals surface area contributed by atoms with Gasteiger partial charge in [-0.25, -0.2) is 19.3 Å². The van der Waals surface area contributed by atoms with Crippen LogP contribution in [0.15, 0.2) is 24.3 Å². The molecule has 102 heavy (non-hydrogen) atoms. The summed E-state index contributed by atoms with van der Waals surface area (Å²) >= 11 is 0. The topological polar surface area (TPSA) is 341 Å². The van der Waals surface area contributed by atoms with Crippen molar-refractivity contribution >= 4 is 41.7 Å². The van der Waals surface area contributed by atoms with Crippen molar-refractivity contribution in [2.45, 2.75) is 371 Å². The van der Waals surface area contributed by atoms with Crippen LogP contribution in [-0.4, -0.2) is 154 Å². The number of alkyl carbamates (subject to hydrolysis) is 1. The molecule has 1 aromatic rings. The number of anilines is 1. The molecule has 1 saturated carbocycles. The Bertz CT molecular complexity index is 2480. The first-order valence-electron chi connectivity index (χ1n) is 40.3. The maximum Gasteiger partial charge on any atom is 0.417 e. The SMILES string of the molecule is CCCCCCCCCCCCCCCCCCCCCCCCCC(=O)O[C@H](CCCCCCCCCCCCCC)[C@@H](O)[C@H](CO[C@H]1O[C@H](CO)[C@H](O)[C@H](O)[C@H]1O)N(C(=O)OCc1ccc(N)cc1)C(=O)[C@H](CCCNC(N)=O)NC(=O)[C@@H](NC(=O)OCC1C2CCC#CCCC21)C(C)C. The molecule has 0 bridgehead atoms. The van der Waals surface area contributed by atoms with Crippen LogP contribution in [0.4, 0.5) is 20.1 Å². The van der Waals surface area contributed by atoms with Crippen LogP contribution in [0.2, 0.25) is 0 Å². The van der Waals surface area contributed by atoms with Crippen LogP contribution in [0.5, 0.6) is 0 Å². The zero-order valence-electron chi connectivity index (χ0n) is 63.2. The zero-order chi connectivity index (χ0) is 74.1. The number of urea groups is 1. The van der Waals surface area contributed by atoms with Gasteiger partial charge in [0.05, 0.1) is 25.9 Å². The second-order valence-corrected chi connectivity index (χ2v) is 29.7. The minimum Gasteiger partial charge on any atom is -0.460 e. The van der Waals surface area contributed by atoms with Crippen LogP contribution in [0.1, 0.15) is 309 Å². The van der Waals surface area contributed by atoms with Gasteiger partial charge >= 0.3 is 24.2 Å². The quantitative estimate of drug-likeness (QED) is 0.00952. The Morgan fingerprint density at radius 3 is 1.57 bits per heavy atom. The maximum atomic E-state index is 15.9. The van der Waals surface area contributed by atoms with E-state index in [0.717, 1.165) is 83.5 Å². The number of hydrogen-bond acceptors (Lipinski definition) is 17. The molecule has 22 heteroatoms. The number of nitrogens with zero attached hydrogens (tertiary/aromatic N) is 1. The molecule has 2 aliphatic carbocycles. The number of carbonyl (C=O) groups excluding carboxylic acids is 6. The van der Waals surface area contributed by atoms with Gasteiger partial charge in [-0.2, -0.15) is 0 Å². The Kier molecular flexibility index (Phi) is 47.5. The van der Waals surface area contributed by atoms with Gasteiger partial charge in [0.15, 0.2) is 6.29 Å². The summed E-state index contributed by atoms with van der Waals surface area (Å²) < 4.78 is 29.8. The molecule has 22 nitrogen and oxygen atoms in total. The molecule has 4 rings (SSSR count). The molecule has 0 aromatic heterocycles. The number of nitrogens with two attached hydrogens (primary N) is 2. The number of nitrogen functional groups attached to an aromatic ring is 1. The van der Waals surface area contributed by atoms with Crippen molar-refractivity contribution in [1.29, 1.82) is 0 Å². The Labute approximate surface area is 612 Å². The number of aliphatic hydroxyl groups is 5. The van der Waals surface area contributed by atoms with Gasteiger partial charge in [0.2, 0.25) is 5.91 Å². The van der Waals surface area contributed by atoms with E-state index >= 15 is 9.59 Å². The number of amides is 6. The summed E-state index contributed by atoms with van der Waals surface area (Å²) in [7, 11) is 0. The fourth-order valence-corrected chi connectivity index (χ4v) is 14.3. The lowest BCUT2D eigenvalue weighted by molar-refractivity contribution is -0.304. The minimum absolute atomic E-state index is 0.0160. The van der Waals surface area contributed by atoms with E-state index in [1.165, 1.54) is 148 Å². The fraction of sp³-hybridized carbons (Fsp3) is 0.825. The normalized spacial score (nSPS) is 20.8. The number of carbonyl (C=O) groups is 6. The predicted octanol–water partition coefficient (Wildman–Crippen LogP) is 13.8. The first-order valence-corrected chi connectivity index (χ1v) is 40.3. The first kappa shape index (κ1) is 89.1. The van der Waals surface area contributed by atoms with Gasteiger partial charge < -0.3 is 76.6 Å². The number of aliphatic hydroxyl groups excluding tert-OH is 5. The molecule has 1 heterocycles. The molecular formula is C80H138N6O16. The van der Waals surface area contributed by atoms with Crippen molar-refractivity contribution in [3.05, 3.63) is 29.8 Å². The highest BCUT2D eigenvalue weighted by Crippen LogP contribution is 2.52. The highest BCUT2D eigenvalue weighted by Gasteiger charge is 2.50. The van der Waals surface area contributed by atoms with Crippen LogP contribution in [0, 0.1) is 35.5 Å².